The number of rotatable bonds is 5. The number of halogens is 1. The molecular formula is C22H22ClN5O3. The number of fused-ring (bicyclic) bond motifs is 1. The van der Waals surface area contributed by atoms with Crippen molar-refractivity contribution in [1.29, 1.82) is 0 Å². The Bertz CT molecular complexity index is 1080. The standard InChI is InChI=1S/C22H22ClN5O3/c1-12(2)14-5-7-15(8-6-14)28-21(30)19-20(22(28)31)27(26-25-19)11-18(29)24-17-9-4-13(3)10-16(17)23/h4-10,12,19-20H,11H2,1-3H3,(H,24,29)/t19-,20+/m0/s1. The Morgan fingerprint density at radius 2 is 1.84 bits per heavy atom. The van der Waals surface area contributed by atoms with Gasteiger partial charge in [0.05, 0.1) is 16.4 Å². The van der Waals surface area contributed by atoms with Crippen LogP contribution in [0.4, 0.5) is 11.4 Å². The SMILES string of the molecule is Cc1ccc(NC(=O)CN2N=N[C@@H]3C(=O)N(c4ccc(C(C)C)cc4)C(=O)[C@@H]32)c(Cl)c1. The van der Waals surface area contributed by atoms with Gasteiger partial charge in [-0.1, -0.05) is 48.9 Å². The molecule has 0 unspecified atom stereocenters. The van der Waals surface area contributed by atoms with E-state index in [0.29, 0.717) is 22.3 Å². The summed E-state index contributed by atoms with van der Waals surface area (Å²) < 4.78 is 0. The fourth-order valence-corrected chi connectivity index (χ4v) is 3.96. The fourth-order valence-electron chi connectivity index (χ4n) is 3.67. The maximum absolute atomic E-state index is 13.0. The average molecular weight is 440 g/mol. The number of hydrogen-bond donors (Lipinski definition) is 1. The molecule has 0 bridgehead atoms. The van der Waals surface area contributed by atoms with E-state index in [1.54, 1.807) is 24.3 Å². The average Bonchev–Trinajstić information content (AvgIpc) is 3.24. The van der Waals surface area contributed by atoms with Crippen LogP contribution in [0.2, 0.25) is 5.02 Å². The highest BCUT2D eigenvalue weighted by atomic mass is 35.5. The summed E-state index contributed by atoms with van der Waals surface area (Å²) in [6.45, 7) is 5.80. The smallest absolute Gasteiger partial charge is 0.263 e. The Morgan fingerprint density at radius 1 is 1.13 bits per heavy atom. The van der Waals surface area contributed by atoms with Crippen LogP contribution in [0.1, 0.15) is 30.9 Å². The monoisotopic (exact) mass is 439 g/mol. The van der Waals surface area contributed by atoms with E-state index in [2.05, 4.69) is 29.5 Å². The van der Waals surface area contributed by atoms with E-state index in [1.165, 1.54) is 5.01 Å². The van der Waals surface area contributed by atoms with Crippen molar-refractivity contribution in [3.8, 4) is 0 Å². The molecule has 9 heteroatoms. The summed E-state index contributed by atoms with van der Waals surface area (Å²) >= 11 is 6.16. The van der Waals surface area contributed by atoms with Crippen LogP contribution in [-0.2, 0) is 14.4 Å². The van der Waals surface area contributed by atoms with Gasteiger partial charge in [-0.15, -0.1) is 0 Å². The molecule has 0 saturated carbocycles. The number of nitrogens with one attached hydrogen (secondary N) is 1. The van der Waals surface area contributed by atoms with Crippen LogP contribution >= 0.6 is 11.6 Å². The van der Waals surface area contributed by atoms with Crippen LogP contribution in [0.5, 0.6) is 0 Å². The molecule has 8 nitrogen and oxygen atoms in total. The number of anilines is 2. The van der Waals surface area contributed by atoms with Crippen molar-refractivity contribution in [1.82, 2.24) is 5.01 Å². The van der Waals surface area contributed by atoms with Crippen molar-refractivity contribution in [2.45, 2.75) is 38.8 Å². The molecule has 2 aromatic rings. The lowest BCUT2D eigenvalue weighted by Crippen LogP contribution is -2.43. The molecule has 0 aliphatic carbocycles. The zero-order chi connectivity index (χ0) is 22.3. The molecule has 1 fully saturated rings. The lowest BCUT2D eigenvalue weighted by Gasteiger charge is -2.20. The molecule has 2 aromatic carbocycles. The second-order valence-corrected chi connectivity index (χ2v) is 8.39. The number of nitrogens with zero attached hydrogens (tertiary/aromatic N) is 4. The Morgan fingerprint density at radius 3 is 2.48 bits per heavy atom. The van der Waals surface area contributed by atoms with E-state index in [0.717, 1.165) is 16.0 Å². The zero-order valence-electron chi connectivity index (χ0n) is 17.4. The summed E-state index contributed by atoms with van der Waals surface area (Å²) in [4.78, 5) is 39.5. The van der Waals surface area contributed by atoms with Gasteiger partial charge in [0.15, 0.2) is 12.1 Å². The van der Waals surface area contributed by atoms with Crippen molar-refractivity contribution in [3.05, 3.63) is 58.6 Å². The van der Waals surface area contributed by atoms with Crippen LogP contribution in [0.15, 0.2) is 52.8 Å². The summed E-state index contributed by atoms with van der Waals surface area (Å²) in [7, 11) is 0. The Balaban J connectivity index is 1.48. The normalized spacial score (nSPS) is 20.0. The van der Waals surface area contributed by atoms with Crippen LogP contribution in [0.3, 0.4) is 0 Å². The molecule has 0 radical (unpaired) electrons. The van der Waals surface area contributed by atoms with Crippen molar-refractivity contribution in [2.24, 2.45) is 10.3 Å². The second kappa shape index (κ2) is 8.11. The number of amides is 3. The minimum atomic E-state index is -0.951. The third-order valence-corrected chi connectivity index (χ3v) is 5.69. The van der Waals surface area contributed by atoms with Crippen LogP contribution < -0.4 is 10.2 Å². The van der Waals surface area contributed by atoms with Gasteiger partial charge in [0.2, 0.25) is 5.91 Å². The molecular weight excluding hydrogens is 418 g/mol. The van der Waals surface area contributed by atoms with Gasteiger partial charge < -0.3 is 5.32 Å². The molecule has 2 heterocycles. The van der Waals surface area contributed by atoms with Crippen LogP contribution in [-0.4, -0.2) is 41.4 Å². The van der Waals surface area contributed by atoms with E-state index < -0.39 is 29.8 Å². The molecule has 2 atom stereocenters. The third kappa shape index (κ3) is 3.90. The topological polar surface area (TPSA) is 94.4 Å². The number of carbonyl (C=O) groups is 3. The lowest BCUT2D eigenvalue weighted by molar-refractivity contribution is -0.123. The van der Waals surface area contributed by atoms with E-state index in [4.69, 9.17) is 11.6 Å². The van der Waals surface area contributed by atoms with Crippen molar-refractivity contribution in [3.63, 3.8) is 0 Å². The first kappa shape index (κ1) is 21.0. The fraction of sp³-hybridized carbons (Fsp3) is 0.318. The highest BCUT2D eigenvalue weighted by Gasteiger charge is 2.55. The maximum Gasteiger partial charge on any atom is 0.263 e. The first-order chi connectivity index (χ1) is 14.8. The van der Waals surface area contributed by atoms with E-state index in [9.17, 15) is 14.4 Å². The van der Waals surface area contributed by atoms with Gasteiger partial charge in [-0.3, -0.25) is 19.4 Å². The minimum absolute atomic E-state index is 0.228. The molecule has 0 spiro atoms. The zero-order valence-corrected chi connectivity index (χ0v) is 18.1. The number of imide groups is 1. The number of aryl methyl sites for hydroxylation is 1. The maximum atomic E-state index is 13.0. The van der Waals surface area contributed by atoms with Crippen molar-refractivity contribution in [2.75, 3.05) is 16.8 Å². The Hall–Kier alpha value is -3.26. The van der Waals surface area contributed by atoms with E-state index in [-0.39, 0.29) is 6.54 Å². The quantitative estimate of drug-likeness (QED) is 0.718. The minimum Gasteiger partial charge on any atom is -0.323 e. The van der Waals surface area contributed by atoms with Gasteiger partial charge in [-0.2, -0.15) is 5.11 Å². The number of hydrogen-bond acceptors (Lipinski definition) is 6. The van der Waals surface area contributed by atoms with Gasteiger partial charge in [0.25, 0.3) is 11.8 Å². The highest BCUT2D eigenvalue weighted by Crippen LogP contribution is 2.32. The number of carbonyl (C=O) groups excluding carboxylic acids is 3. The number of benzene rings is 2. The lowest BCUT2D eigenvalue weighted by atomic mass is 10.0. The Kier molecular flexibility index (Phi) is 5.49. The second-order valence-electron chi connectivity index (χ2n) is 7.98. The molecule has 2 aliphatic rings. The molecule has 160 valence electrons. The molecule has 0 aromatic heterocycles. The van der Waals surface area contributed by atoms with Crippen molar-refractivity contribution < 1.29 is 14.4 Å². The van der Waals surface area contributed by atoms with Crippen LogP contribution in [0, 0.1) is 6.92 Å². The largest absolute Gasteiger partial charge is 0.323 e. The molecule has 1 saturated heterocycles. The van der Waals surface area contributed by atoms with E-state index in [1.807, 2.05) is 25.1 Å². The predicted molar refractivity (Wildman–Crippen MR) is 117 cm³/mol. The first-order valence-corrected chi connectivity index (χ1v) is 10.3. The van der Waals surface area contributed by atoms with E-state index >= 15 is 0 Å². The molecule has 1 N–H and O–H groups in total. The first-order valence-electron chi connectivity index (χ1n) is 9.97. The van der Waals surface area contributed by atoms with Gasteiger partial charge in [-0.25, -0.2) is 4.90 Å². The summed E-state index contributed by atoms with van der Waals surface area (Å²) in [5, 5.41) is 12.2. The van der Waals surface area contributed by atoms with Gasteiger partial charge in [-0.05, 0) is 48.2 Å². The molecule has 3 amide bonds. The third-order valence-electron chi connectivity index (χ3n) is 5.38. The van der Waals surface area contributed by atoms with Gasteiger partial charge >= 0.3 is 0 Å². The molecule has 4 rings (SSSR count). The van der Waals surface area contributed by atoms with Crippen LogP contribution in [0.25, 0.3) is 0 Å². The molecule has 2 aliphatic heterocycles. The summed E-state index contributed by atoms with van der Waals surface area (Å²) in [5.74, 6) is -0.965. The molecule has 31 heavy (non-hydrogen) atoms. The van der Waals surface area contributed by atoms with Gasteiger partial charge in [0.1, 0.15) is 6.54 Å². The Labute approximate surface area is 184 Å². The summed E-state index contributed by atoms with van der Waals surface area (Å²) in [5.41, 5.74) is 3.03. The predicted octanol–water partition coefficient (Wildman–Crippen LogP) is 3.70. The van der Waals surface area contributed by atoms with Gasteiger partial charge in [0, 0.05) is 0 Å². The summed E-state index contributed by atoms with van der Waals surface area (Å²) in [6.07, 6.45) is 0. The van der Waals surface area contributed by atoms with Crippen molar-refractivity contribution >= 4 is 40.7 Å². The summed E-state index contributed by atoms with van der Waals surface area (Å²) in [6, 6.07) is 10.7. The highest BCUT2D eigenvalue weighted by molar-refractivity contribution is 6.33.